The fraction of sp³-hybridized carbons (Fsp3) is 0.517. The Hall–Kier alpha value is -2.16. The molecule has 2 aromatic rings. The molecule has 0 N–H and O–H groups in total. The van der Waals surface area contributed by atoms with Gasteiger partial charge in [0.2, 0.25) is 5.82 Å². The standard InChI is InChI=1S/C29H38F2O/c1-3-5-6-9-22-12-14-23(15-13-22)10-7-8-11-24-16-18-25(19-17-24)26-20-21-27(32-4-2)29(31)28(26)30/h8,11-15,20-21,24-25H,3-7,9-10,16-19H2,1-2H3/b11-8+. The minimum atomic E-state index is -0.847. The molecule has 0 amide bonds. The monoisotopic (exact) mass is 440 g/mol. The van der Waals surface area contributed by atoms with Crippen molar-refractivity contribution in [1.29, 1.82) is 0 Å². The molecule has 0 bridgehead atoms. The van der Waals surface area contributed by atoms with Gasteiger partial charge >= 0.3 is 0 Å². The average Bonchev–Trinajstić information content (AvgIpc) is 2.82. The first-order valence-corrected chi connectivity index (χ1v) is 12.5. The van der Waals surface area contributed by atoms with Crippen LogP contribution in [0.5, 0.6) is 5.75 Å². The van der Waals surface area contributed by atoms with Crippen LogP contribution in [0.25, 0.3) is 0 Å². The Morgan fingerprint density at radius 1 is 0.844 bits per heavy atom. The van der Waals surface area contributed by atoms with E-state index in [0.29, 0.717) is 18.1 Å². The predicted octanol–water partition coefficient (Wildman–Crippen LogP) is 8.56. The largest absolute Gasteiger partial charge is 0.491 e. The van der Waals surface area contributed by atoms with Crippen LogP contribution in [0.3, 0.4) is 0 Å². The third-order valence-electron chi connectivity index (χ3n) is 6.69. The lowest BCUT2D eigenvalue weighted by Crippen LogP contribution is -2.14. The highest BCUT2D eigenvalue weighted by atomic mass is 19.2. The lowest BCUT2D eigenvalue weighted by Gasteiger charge is -2.27. The van der Waals surface area contributed by atoms with Gasteiger partial charge in [-0.1, -0.05) is 62.2 Å². The molecule has 3 rings (SSSR count). The molecule has 0 radical (unpaired) electrons. The number of unbranched alkanes of at least 4 members (excludes halogenated alkanes) is 2. The molecule has 1 nitrogen and oxygen atoms in total. The number of allylic oxidation sites excluding steroid dienone is 2. The van der Waals surface area contributed by atoms with E-state index >= 15 is 0 Å². The van der Waals surface area contributed by atoms with Gasteiger partial charge in [0.05, 0.1) is 6.61 Å². The van der Waals surface area contributed by atoms with E-state index < -0.39 is 11.6 Å². The SMILES string of the molecule is CCCCCc1ccc(CC/C=C/C2CCC(c3ccc(OCC)c(F)c3F)CC2)cc1. The second-order valence-corrected chi connectivity index (χ2v) is 9.07. The van der Waals surface area contributed by atoms with E-state index in [-0.39, 0.29) is 11.7 Å². The molecule has 0 unspecified atom stereocenters. The summed E-state index contributed by atoms with van der Waals surface area (Å²) in [5.41, 5.74) is 3.34. The molecule has 0 aliphatic heterocycles. The van der Waals surface area contributed by atoms with E-state index in [1.165, 1.54) is 36.8 Å². The van der Waals surface area contributed by atoms with Gasteiger partial charge in [0.25, 0.3) is 0 Å². The van der Waals surface area contributed by atoms with Gasteiger partial charge in [0.1, 0.15) is 0 Å². The lowest BCUT2D eigenvalue weighted by atomic mass is 9.78. The van der Waals surface area contributed by atoms with E-state index in [1.807, 2.05) is 0 Å². The number of benzene rings is 2. The molecule has 0 saturated heterocycles. The topological polar surface area (TPSA) is 9.23 Å². The minimum Gasteiger partial charge on any atom is -0.491 e. The normalized spacial score (nSPS) is 18.9. The highest BCUT2D eigenvalue weighted by molar-refractivity contribution is 5.33. The van der Waals surface area contributed by atoms with E-state index in [9.17, 15) is 8.78 Å². The first-order chi connectivity index (χ1) is 15.6. The number of halogens is 2. The summed E-state index contributed by atoms with van der Waals surface area (Å²) in [4.78, 5) is 0. The van der Waals surface area contributed by atoms with Gasteiger partial charge in [-0.25, -0.2) is 4.39 Å². The van der Waals surface area contributed by atoms with E-state index in [2.05, 4.69) is 43.3 Å². The summed E-state index contributed by atoms with van der Waals surface area (Å²) in [6, 6.07) is 12.4. The first kappa shape index (κ1) is 24.5. The third kappa shape index (κ3) is 6.92. The molecular weight excluding hydrogens is 402 g/mol. The van der Waals surface area contributed by atoms with Crippen molar-refractivity contribution in [1.82, 2.24) is 0 Å². The van der Waals surface area contributed by atoms with Gasteiger partial charge in [-0.15, -0.1) is 0 Å². The Morgan fingerprint density at radius 3 is 2.19 bits per heavy atom. The third-order valence-corrected chi connectivity index (χ3v) is 6.69. The molecular formula is C29H38F2O. The van der Waals surface area contributed by atoms with Crippen LogP contribution >= 0.6 is 0 Å². The average molecular weight is 441 g/mol. The highest BCUT2D eigenvalue weighted by Gasteiger charge is 2.25. The molecule has 0 heterocycles. The number of hydrogen-bond acceptors (Lipinski definition) is 1. The van der Waals surface area contributed by atoms with Gasteiger partial charge in [-0.3, -0.25) is 0 Å². The van der Waals surface area contributed by atoms with Gasteiger partial charge in [-0.05, 0) is 92.9 Å². The Morgan fingerprint density at radius 2 is 1.53 bits per heavy atom. The van der Waals surface area contributed by atoms with Crippen LogP contribution in [0.1, 0.15) is 87.8 Å². The van der Waals surface area contributed by atoms with Crippen molar-refractivity contribution in [2.24, 2.45) is 5.92 Å². The van der Waals surface area contributed by atoms with E-state index in [4.69, 9.17) is 4.74 Å². The molecule has 1 aliphatic carbocycles. The van der Waals surface area contributed by atoms with E-state index in [1.54, 1.807) is 19.1 Å². The van der Waals surface area contributed by atoms with Crippen molar-refractivity contribution in [2.75, 3.05) is 6.61 Å². The van der Waals surface area contributed by atoms with Gasteiger partial charge < -0.3 is 4.74 Å². The number of hydrogen-bond donors (Lipinski definition) is 0. The van der Waals surface area contributed by atoms with Gasteiger partial charge in [0.15, 0.2) is 11.6 Å². The van der Waals surface area contributed by atoms with Crippen LogP contribution in [0.2, 0.25) is 0 Å². The maximum Gasteiger partial charge on any atom is 0.200 e. The molecule has 1 aliphatic rings. The molecule has 174 valence electrons. The fourth-order valence-corrected chi connectivity index (χ4v) is 4.74. The number of rotatable bonds is 11. The van der Waals surface area contributed by atoms with Crippen LogP contribution in [-0.4, -0.2) is 6.61 Å². The Balaban J connectivity index is 1.42. The zero-order chi connectivity index (χ0) is 22.8. The number of ether oxygens (including phenoxy) is 1. The number of aryl methyl sites for hydroxylation is 2. The van der Waals surface area contributed by atoms with Crippen molar-refractivity contribution in [3.8, 4) is 5.75 Å². The summed E-state index contributed by atoms with van der Waals surface area (Å²) >= 11 is 0. The zero-order valence-corrected chi connectivity index (χ0v) is 19.7. The second kappa shape index (κ2) is 12.8. The van der Waals surface area contributed by atoms with Crippen LogP contribution < -0.4 is 4.74 Å². The zero-order valence-electron chi connectivity index (χ0n) is 19.7. The second-order valence-electron chi connectivity index (χ2n) is 9.07. The summed E-state index contributed by atoms with van der Waals surface area (Å²) in [6.07, 6.45) is 15.7. The van der Waals surface area contributed by atoms with Crippen LogP contribution in [0.15, 0.2) is 48.6 Å². The first-order valence-electron chi connectivity index (χ1n) is 12.5. The molecule has 0 spiro atoms. The van der Waals surface area contributed by atoms with Crippen molar-refractivity contribution in [2.45, 2.75) is 84.0 Å². The van der Waals surface area contributed by atoms with Gasteiger partial charge in [-0.2, -0.15) is 4.39 Å². The Bertz CT molecular complexity index is 848. The summed E-state index contributed by atoms with van der Waals surface area (Å²) < 4.78 is 33.9. The highest BCUT2D eigenvalue weighted by Crippen LogP contribution is 2.39. The van der Waals surface area contributed by atoms with Crippen molar-refractivity contribution in [3.05, 3.63) is 76.9 Å². The van der Waals surface area contributed by atoms with Crippen molar-refractivity contribution in [3.63, 3.8) is 0 Å². The Kier molecular flexibility index (Phi) is 9.77. The Labute approximate surface area is 192 Å². The minimum absolute atomic E-state index is 0.0107. The summed E-state index contributed by atoms with van der Waals surface area (Å²) in [5, 5.41) is 0. The lowest BCUT2D eigenvalue weighted by molar-refractivity contribution is 0.310. The maximum atomic E-state index is 14.5. The molecule has 32 heavy (non-hydrogen) atoms. The van der Waals surface area contributed by atoms with Crippen LogP contribution in [0.4, 0.5) is 8.78 Å². The summed E-state index contributed by atoms with van der Waals surface area (Å²) in [5.74, 6) is -0.924. The smallest absolute Gasteiger partial charge is 0.200 e. The molecule has 1 fully saturated rings. The van der Waals surface area contributed by atoms with Crippen LogP contribution in [-0.2, 0) is 12.8 Å². The van der Waals surface area contributed by atoms with Crippen molar-refractivity contribution >= 4 is 0 Å². The van der Waals surface area contributed by atoms with Crippen LogP contribution in [0, 0.1) is 17.6 Å². The molecule has 1 saturated carbocycles. The molecule has 3 heteroatoms. The predicted molar refractivity (Wildman–Crippen MR) is 129 cm³/mol. The van der Waals surface area contributed by atoms with Crippen molar-refractivity contribution < 1.29 is 13.5 Å². The molecule has 0 aromatic heterocycles. The fourth-order valence-electron chi connectivity index (χ4n) is 4.74. The maximum absolute atomic E-state index is 14.5. The summed E-state index contributed by atoms with van der Waals surface area (Å²) in [7, 11) is 0. The van der Waals surface area contributed by atoms with E-state index in [0.717, 1.165) is 38.5 Å². The molecule has 0 atom stereocenters. The molecule has 2 aromatic carbocycles. The quantitative estimate of drug-likeness (QED) is 0.251. The summed E-state index contributed by atoms with van der Waals surface area (Å²) in [6.45, 7) is 4.34. The van der Waals surface area contributed by atoms with Gasteiger partial charge in [0, 0.05) is 0 Å².